The zero-order chi connectivity index (χ0) is 22.0. The van der Waals surface area contributed by atoms with Gasteiger partial charge in [-0.25, -0.2) is 4.90 Å². The average Bonchev–Trinajstić information content (AvgIpc) is 3.32. The van der Waals surface area contributed by atoms with Gasteiger partial charge >= 0.3 is 5.97 Å². The lowest BCUT2D eigenvalue weighted by Gasteiger charge is -2.31. The van der Waals surface area contributed by atoms with Crippen molar-refractivity contribution in [3.63, 3.8) is 0 Å². The summed E-state index contributed by atoms with van der Waals surface area (Å²) in [6.45, 7) is 1.89. The van der Waals surface area contributed by atoms with Crippen molar-refractivity contribution in [2.75, 3.05) is 4.90 Å². The predicted octanol–water partition coefficient (Wildman–Crippen LogP) is 3.39. The monoisotopic (exact) mass is 418 g/mol. The van der Waals surface area contributed by atoms with Gasteiger partial charge in [0, 0.05) is 17.2 Å². The van der Waals surface area contributed by atoms with Crippen LogP contribution in [0.5, 0.6) is 0 Å². The summed E-state index contributed by atoms with van der Waals surface area (Å²) in [6.07, 6.45) is 2.16. The minimum Gasteiger partial charge on any atom is -0.481 e. The molecular formula is C24H22N2O5. The lowest BCUT2D eigenvalue weighted by molar-refractivity contribution is -0.137. The van der Waals surface area contributed by atoms with Crippen LogP contribution in [0.25, 0.3) is 10.8 Å². The molecule has 0 radical (unpaired) electrons. The van der Waals surface area contributed by atoms with Gasteiger partial charge in [-0.15, -0.1) is 0 Å². The van der Waals surface area contributed by atoms with Gasteiger partial charge in [-0.1, -0.05) is 24.3 Å². The highest BCUT2D eigenvalue weighted by Gasteiger charge is 2.73. The van der Waals surface area contributed by atoms with E-state index in [9.17, 15) is 19.6 Å². The Morgan fingerprint density at radius 3 is 2.58 bits per heavy atom. The molecule has 0 aliphatic carbocycles. The Morgan fingerprint density at radius 1 is 1.16 bits per heavy atom. The highest BCUT2D eigenvalue weighted by molar-refractivity contribution is 6.26. The van der Waals surface area contributed by atoms with Crippen LogP contribution in [0.15, 0.2) is 36.4 Å². The SMILES string of the molecule is CC12CCC(CCCC(=O)O)(O1)C1C(=O)N(c3ccc(C#N)c4ccccc34)C(=O)C12. The van der Waals surface area contributed by atoms with E-state index in [1.807, 2.05) is 31.2 Å². The lowest BCUT2D eigenvalue weighted by Crippen LogP contribution is -2.42. The summed E-state index contributed by atoms with van der Waals surface area (Å²) in [5, 5.41) is 19.8. The number of hydrogen-bond acceptors (Lipinski definition) is 5. The van der Waals surface area contributed by atoms with Crippen molar-refractivity contribution in [1.82, 2.24) is 0 Å². The van der Waals surface area contributed by atoms with Gasteiger partial charge in [0.15, 0.2) is 0 Å². The average molecular weight is 418 g/mol. The molecule has 4 unspecified atom stereocenters. The number of rotatable bonds is 5. The molecule has 3 aliphatic rings. The number of hydrogen-bond donors (Lipinski definition) is 1. The van der Waals surface area contributed by atoms with Crippen molar-refractivity contribution in [1.29, 1.82) is 5.26 Å². The number of aliphatic carboxylic acids is 1. The number of carbonyl (C=O) groups is 3. The summed E-state index contributed by atoms with van der Waals surface area (Å²) < 4.78 is 6.34. The van der Waals surface area contributed by atoms with E-state index in [0.29, 0.717) is 47.7 Å². The third kappa shape index (κ3) is 2.64. The largest absolute Gasteiger partial charge is 0.481 e. The molecule has 3 heterocycles. The number of benzene rings is 2. The van der Waals surface area contributed by atoms with Gasteiger partial charge in [-0.2, -0.15) is 5.26 Å². The first kappa shape index (κ1) is 19.7. The van der Waals surface area contributed by atoms with Crippen LogP contribution >= 0.6 is 0 Å². The Morgan fingerprint density at radius 2 is 1.87 bits per heavy atom. The van der Waals surface area contributed by atoms with E-state index in [2.05, 4.69) is 6.07 Å². The van der Waals surface area contributed by atoms with Crippen LogP contribution in [-0.2, 0) is 19.1 Å². The molecule has 2 aromatic rings. The Kier molecular flexibility index (Phi) is 4.21. The van der Waals surface area contributed by atoms with E-state index in [1.165, 1.54) is 4.90 Å². The molecule has 31 heavy (non-hydrogen) atoms. The molecule has 7 heteroatoms. The van der Waals surface area contributed by atoms with Crippen LogP contribution in [0.3, 0.4) is 0 Å². The highest BCUT2D eigenvalue weighted by Crippen LogP contribution is 2.62. The maximum atomic E-state index is 13.7. The molecule has 0 spiro atoms. The molecular weight excluding hydrogens is 396 g/mol. The summed E-state index contributed by atoms with van der Waals surface area (Å²) >= 11 is 0. The van der Waals surface area contributed by atoms with Crippen molar-refractivity contribution in [2.24, 2.45) is 11.8 Å². The van der Waals surface area contributed by atoms with Crippen LogP contribution in [-0.4, -0.2) is 34.1 Å². The van der Waals surface area contributed by atoms with Gasteiger partial charge in [-0.05, 0) is 44.7 Å². The van der Waals surface area contributed by atoms with Crippen LogP contribution in [0.2, 0.25) is 0 Å². The molecule has 4 atom stereocenters. The topological polar surface area (TPSA) is 108 Å². The number of anilines is 1. The number of imide groups is 1. The fourth-order valence-electron chi connectivity index (χ4n) is 5.96. The maximum absolute atomic E-state index is 13.7. The number of amides is 2. The molecule has 3 fully saturated rings. The van der Waals surface area contributed by atoms with Gasteiger partial charge in [0.25, 0.3) is 0 Å². The second-order valence-electron chi connectivity index (χ2n) is 8.98. The summed E-state index contributed by atoms with van der Waals surface area (Å²) in [5.41, 5.74) is -0.543. The fraction of sp³-hybridized carbons (Fsp3) is 0.417. The highest BCUT2D eigenvalue weighted by atomic mass is 16.5. The van der Waals surface area contributed by atoms with Crippen molar-refractivity contribution >= 4 is 34.2 Å². The molecule has 0 aromatic heterocycles. The Hall–Kier alpha value is -3.24. The van der Waals surface area contributed by atoms with E-state index >= 15 is 0 Å². The first-order chi connectivity index (χ1) is 14.8. The molecule has 2 aromatic carbocycles. The predicted molar refractivity (Wildman–Crippen MR) is 111 cm³/mol. The number of carboxylic acid groups (broad SMARTS) is 1. The number of nitrogens with zero attached hydrogens (tertiary/aromatic N) is 2. The molecule has 0 saturated carbocycles. The van der Waals surface area contributed by atoms with E-state index in [-0.39, 0.29) is 18.2 Å². The summed E-state index contributed by atoms with van der Waals surface area (Å²) in [6, 6.07) is 12.7. The Labute approximate surface area is 179 Å². The maximum Gasteiger partial charge on any atom is 0.303 e. The Balaban J connectivity index is 1.57. The van der Waals surface area contributed by atoms with Gasteiger partial charge in [0.2, 0.25) is 11.8 Å². The molecule has 1 N–H and O–H groups in total. The first-order valence-corrected chi connectivity index (χ1v) is 10.5. The van der Waals surface area contributed by atoms with E-state index in [0.717, 1.165) is 0 Å². The van der Waals surface area contributed by atoms with Crippen molar-refractivity contribution in [2.45, 2.75) is 50.2 Å². The third-order valence-corrected chi connectivity index (χ3v) is 7.26. The van der Waals surface area contributed by atoms with E-state index in [1.54, 1.807) is 12.1 Å². The smallest absolute Gasteiger partial charge is 0.303 e. The van der Waals surface area contributed by atoms with E-state index < -0.39 is 29.0 Å². The third-order valence-electron chi connectivity index (χ3n) is 7.26. The molecule has 2 amide bonds. The van der Waals surface area contributed by atoms with Gasteiger partial charge in [0.05, 0.1) is 40.4 Å². The standard InChI is InChI=1S/C24H22N2O5/c1-23-11-12-24(31-23,10-4-7-18(27)28)20-19(23)21(29)26(22(20)30)17-9-8-14(13-25)15-5-2-3-6-16(15)17/h2-3,5-6,8-9,19-20H,4,7,10-12H2,1H3,(H,27,28). The molecule has 5 rings (SSSR count). The lowest BCUT2D eigenvalue weighted by atomic mass is 9.67. The minimum atomic E-state index is -0.883. The zero-order valence-electron chi connectivity index (χ0n) is 17.1. The summed E-state index contributed by atoms with van der Waals surface area (Å²) in [7, 11) is 0. The van der Waals surface area contributed by atoms with Gasteiger partial charge in [0.1, 0.15) is 0 Å². The molecule has 3 saturated heterocycles. The van der Waals surface area contributed by atoms with Crippen molar-refractivity contribution in [3.8, 4) is 6.07 Å². The first-order valence-electron chi connectivity index (χ1n) is 10.5. The number of ether oxygens (including phenoxy) is 1. The van der Waals surface area contributed by atoms with Crippen LogP contribution < -0.4 is 4.90 Å². The molecule has 158 valence electrons. The van der Waals surface area contributed by atoms with Crippen LogP contribution in [0.1, 0.15) is 44.6 Å². The zero-order valence-corrected chi connectivity index (χ0v) is 17.1. The summed E-state index contributed by atoms with van der Waals surface area (Å²) in [5.74, 6) is -2.63. The molecule has 3 aliphatic heterocycles. The number of fused-ring (bicyclic) bond motifs is 6. The van der Waals surface area contributed by atoms with Crippen LogP contribution in [0, 0.1) is 23.2 Å². The van der Waals surface area contributed by atoms with Crippen LogP contribution in [0.4, 0.5) is 5.69 Å². The number of nitriles is 1. The molecule has 7 nitrogen and oxygen atoms in total. The van der Waals surface area contributed by atoms with E-state index in [4.69, 9.17) is 9.84 Å². The van der Waals surface area contributed by atoms with Gasteiger partial charge in [-0.3, -0.25) is 14.4 Å². The second-order valence-corrected chi connectivity index (χ2v) is 8.98. The normalized spacial score (nSPS) is 31.3. The van der Waals surface area contributed by atoms with Gasteiger partial charge < -0.3 is 9.84 Å². The minimum absolute atomic E-state index is 0.00528. The van der Waals surface area contributed by atoms with Crippen molar-refractivity contribution < 1.29 is 24.2 Å². The Bertz CT molecular complexity index is 1180. The fourth-order valence-corrected chi connectivity index (χ4v) is 5.96. The number of carboxylic acids is 1. The van der Waals surface area contributed by atoms with Crippen molar-refractivity contribution in [3.05, 3.63) is 42.0 Å². The second kappa shape index (κ2) is 6.63. The number of carbonyl (C=O) groups excluding carboxylic acids is 2. The summed E-state index contributed by atoms with van der Waals surface area (Å²) in [4.78, 5) is 39.5. The molecule has 2 bridgehead atoms. The quantitative estimate of drug-likeness (QED) is 0.746.